The summed E-state index contributed by atoms with van der Waals surface area (Å²) in [6, 6.07) is 3.61. The summed E-state index contributed by atoms with van der Waals surface area (Å²) in [5, 5.41) is 11.5. The molecule has 0 aliphatic heterocycles. The number of carbonyl (C=O) groups is 2. The zero-order valence-corrected chi connectivity index (χ0v) is 10.6. The molecular formula is C13H18N2O3. The van der Waals surface area contributed by atoms with E-state index in [4.69, 9.17) is 5.11 Å². The van der Waals surface area contributed by atoms with Crippen molar-refractivity contribution in [2.75, 3.05) is 0 Å². The largest absolute Gasteiger partial charge is 0.481 e. The number of carbonyl (C=O) groups excluding carboxylic acids is 1. The van der Waals surface area contributed by atoms with Crippen LogP contribution in [0.5, 0.6) is 0 Å². The third kappa shape index (κ3) is 5.43. The summed E-state index contributed by atoms with van der Waals surface area (Å²) < 4.78 is 0. The van der Waals surface area contributed by atoms with Crippen LogP contribution in [-0.4, -0.2) is 27.5 Å². The number of carboxylic acids is 1. The molecule has 1 aromatic rings. The molecule has 1 amide bonds. The molecule has 0 bridgehead atoms. The molecule has 5 heteroatoms. The van der Waals surface area contributed by atoms with Crippen LogP contribution in [0.1, 0.15) is 32.3 Å². The predicted octanol–water partition coefficient (Wildman–Crippen LogP) is 1.38. The van der Waals surface area contributed by atoms with E-state index in [-0.39, 0.29) is 18.7 Å². The molecule has 0 atom stereocenters. The number of rotatable bonds is 6. The topological polar surface area (TPSA) is 79.3 Å². The highest BCUT2D eigenvalue weighted by Gasteiger charge is 2.21. The van der Waals surface area contributed by atoms with Gasteiger partial charge in [-0.15, -0.1) is 0 Å². The van der Waals surface area contributed by atoms with Gasteiger partial charge in [0.05, 0.1) is 6.42 Å². The zero-order valence-electron chi connectivity index (χ0n) is 10.6. The predicted molar refractivity (Wildman–Crippen MR) is 67.0 cm³/mol. The van der Waals surface area contributed by atoms with Crippen molar-refractivity contribution in [2.24, 2.45) is 0 Å². The standard InChI is InChI=1S/C13H18N2O3/c1-13(2,6-5-12(17)18)15-11(16)8-10-4-3-7-14-9-10/h3-4,7,9H,5-6,8H2,1-2H3,(H,15,16)(H,17,18). The smallest absolute Gasteiger partial charge is 0.303 e. The highest BCUT2D eigenvalue weighted by atomic mass is 16.4. The molecule has 18 heavy (non-hydrogen) atoms. The van der Waals surface area contributed by atoms with Crippen LogP contribution in [0.2, 0.25) is 0 Å². The maximum atomic E-state index is 11.8. The van der Waals surface area contributed by atoms with Gasteiger partial charge < -0.3 is 10.4 Å². The maximum Gasteiger partial charge on any atom is 0.303 e. The molecule has 0 saturated heterocycles. The van der Waals surface area contributed by atoms with Crippen molar-refractivity contribution in [2.45, 2.75) is 38.6 Å². The Kier molecular flexibility index (Phi) is 4.83. The van der Waals surface area contributed by atoms with E-state index < -0.39 is 11.5 Å². The summed E-state index contributed by atoms with van der Waals surface area (Å²) in [5.41, 5.74) is 0.321. The van der Waals surface area contributed by atoms with Gasteiger partial charge in [0.15, 0.2) is 0 Å². The van der Waals surface area contributed by atoms with Crippen LogP contribution < -0.4 is 5.32 Å². The first-order valence-corrected chi connectivity index (χ1v) is 5.81. The third-order valence-corrected chi connectivity index (χ3v) is 2.53. The molecule has 0 radical (unpaired) electrons. The van der Waals surface area contributed by atoms with Gasteiger partial charge in [-0.05, 0) is 31.9 Å². The Morgan fingerprint density at radius 3 is 2.72 bits per heavy atom. The van der Waals surface area contributed by atoms with Crippen molar-refractivity contribution in [3.05, 3.63) is 30.1 Å². The molecule has 0 aromatic carbocycles. The quantitative estimate of drug-likeness (QED) is 0.799. The van der Waals surface area contributed by atoms with E-state index in [1.807, 2.05) is 19.9 Å². The van der Waals surface area contributed by atoms with Crippen LogP contribution in [0.25, 0.3) is 0 Å². The van der Waals surface area contributed by atoms with Gasteiger partial charge in [0, 0.05) is 24.4 Å². The first kappa shape index (κ1) is 14.2. The normalized spacial score (nSPS) is 11.0. The second kappa shape index (κ2) is 6.14. The van der Waals surface area contributed by atoms with Crippen molar-refractivity contribution < 1.29 is 14.7 Å². The Balaban J connectivity index is 2.46. The van der Waals surface area contributed by atoms with Crippen molar-refractivity contribution in [1.82, 2.24) is 10.3 Å². The monoisotopic (exact) mass is 250 g/mol. The average molecular weight is 250 g/mol. The number of nitrogens with zero attached hydrogens (tertiary/aromatic N) is 1. The second-order valence-corrected chi connectivity index (χ2v) is 4.86. The first-order chi connectivity index (χ1) is 8.39. The summed E-state index contributed by atoms with van der Waals surface area (Å²) in [6.07, 6.45) is 3.99. The number of nitrogens with one attached hydrogen (secondary N) is 1. The molecular weight excluding hydrogens is 232 g/mol. The number of carboxylic acid groups (broad SMARTS) is 1. The van der Waals surface area contributed by atoms with Crippen LogP contribution in [-0.2, 0) is 16.0 Å². The molecule has 2 N–H and O–H groups in total. The summed E-state index contributed by atoms with van der Waals surface area (Å²) >= 11 is 0. The van der Waals surface area contributed by atoms with E-state index in [0.717, 1.165) is 5.56 Å². The fourth-order valence-corrected chi connectivity index (χ4v) is 1.59. The fraction of sp³-hybridized carbons (Fsp3) is 0.462. The lowest BCUT2D eigenvalue weighted by molar-refractivity contribution is -0.137. The van der Waals surface area contributed by atoms with Gasteiger partial charge in [0.1, 0.15) is 0 Å². The minimum Gasteiger partial charge on any atom is -0.481 e. The molecule has 0 fully saturated rings. The number of pyridine rings is 1. The van der Waals surface area contributed by atoms with Gasteiger partial charge in [-0.1, -0.05) is 6.07 Å². The molecule has 1 heterocycles. The lowest BCUT2D eigenvalue weighted by Crippen LogP contribution is -2.44. The number of hydrogen-bond acceptors (Lipinski definition) is 3. The van der Waals surface area contributed by atoms with Gasteiger partial charge >= 0.3 is 5.97 Å². The maximum absolute atomic E-state index is 11.8. The number of aliphatic carboxylic acids is 1. The first-order valence-electron chi connectivity index (χ1n) is 5.81. The molecule has 0 aliphatic rings. The second-order valence-electron chi connectivity index (χ2n) is 4.86. The number of hydrogen-bond donors (Lipinski definition) is 2. The summed E-state index contributed by atoms with van der Waals surface area (Å²) in [7, 11) is 0. The highest BCUT2D eigenvalue weighted by Crippen LogP contribution is 2.11. The Labute approximate surface area is 106 Å². The van der Waals surface area contributed by atoms with E-state index >= 15 is 0 Å². The minimum absolute atomic E-state index is 0.0418. The number of amides is 1. The molecule has 0 unspecified atom stereocenters. The van der Waals surface area contributed by atoms with Crippen molar-refractivity contribution >= 4 is 11.9 Å². The van der Waals surface area contributed by atoms with Crippen LogP contribution in [0, 0.1) is 0 Å². The summed E-state index contributed by atoms with van der Waals surface area (Å²) in [4.78, 5) is 26.2. The van der Waals surface area contributed by atoms with Crippen molar-refractivity contribution in [1.29, 1.82) is 0 Å². The summed E-state index contributed by atoms with van der Waals surface area (Å²) in [6.45, 7) is 3.63. The van der Waals surface area contributed by atoms with Crippen molar-refractivity contribution in [3.8, 4) is 0 Å². The number of aromatic nitrogens is 1. The van der Waals surface area contributed by atoms with E-state index in [0.29, 0.717) is 6.42 Å². The Hall–Kier alpha value is -1.91. The molecule has 0 aliphatic carbocycles. The van der Waals surface area contributed by atoms with E-state index in [1.54, 1.807) is 18.5 Å². The third-order valence-electron chi connectivity index (χ3n) is 2.53. The lowest BCUT2D eigenvalue weighted by Gasteiger charge is -2.25. The van der Waals surface area contributed by atoms with Gasteiger partial charge in [0.2, 0.25) is 5.91 Å². The van der Waals surface area contributed by atoms with Gasteiger partial charge in [-0.3, -0.25) is 14.6 Å². The van der Waals surface area contributed by atoms with Crippen LogP contribution in [0.15, 0.2) is 24.5 Å². The molecule has 5 nitrogen and oxygen atoms in total. The Morgan fingerprint density at radius 2 is 2.17 bits per heavy atom. The van der Waals surface area contributed by atoms with Crippen LogP contribution in [0.3, 0.4) is 0 Å². The van der Waals surface area contributed by atoms with E-state index in [1.165, 1.54) is 0 Å². The molecule has 1 aromatic heterocycles. The molecule has 0 saturated carbocycles. The Morgan fingerprint density at radius 1 is 1.44 bits per heavy atom. The van der Waals surface area contributed by atoms with Gasteiger partial charge in [0.25, 0.3) is 0 Å². The fourth-order valence-electron chi connectivity index (χ4n) is 1.59. The lowest BCUT2D eigenvalue weighted by atomic mass is 9.98. The molecule has 98 valence electrons. The summed E-state index contributed by atoms with van der Waals surface area (Å²) in [5.74, 6) is -0.983. The van der Waals surface area contributed by atoms with Gasteiger partial charge in [-0.2, -0.15) is 0 Å². The van der Waals surface area contributed by atoms with Crippen LogP contribution in [0.4, 0.5) is 0 Å². The zero-order chi connectivity index (χ0) is 13.6. The van der Waals surface area contributed by atoms with Crippen LogP contribution >= 0.6 is 0 Å². The average Bonchev–Trinajstić information content (AvgIpc) is 2.27. The molecule has 0 spiro atoms. The SMILES string of the molecule is CC(C)(CCC(=O)O)NC(=O)Cc1cccnc1. The van der Waals surface area contributed by atoms with E-state index in [9.17, 15) is 9.59 Å². The highest BCUT2D eigenvalue weighted by molar-refractivity contribution is 5.79. The molecule has 1 rings (SSSR count). The van der Waals surface area contributed by atoms with Gasteiger partial charge in [-0.25, -0.2) is 0 Å². The minimum atomic E-state index is -0.857. The Bertz CT molecular complexity index is 416. The van der Waals surface area contributed by atoms with E-state index in [2.05, 4.69) is 10.3 Å². The van der Waals surface area contributed by atoms with Crippen molar-refractivity contribution in [3.63, 3.8) is 0 Å².